The summed E-state index contributed by atoms with van der Waals surface area (Å²) in [6, 6.07) is 1.70. The topological polar surface area (TPSA) is 47.6 Å². The molecule has 0 saturated heterocycles. The van der Waals surface area contributed by atoms with Crippen molar-refractivity contribution < 1.29 is 14.3 Å². The highest BCUT2D eigenvalue weighted by Gasteiger charge is 2.17. The van der Waals surface area contributed by atoms with Gasteiger partial charge >= 0.3 is 0 Å². The lowest BCUT2D eigenvalue weighted by molar-refractivity contribution is 0.0896. The minimum atomic E-state index is -0.149. The number of halogens is 1. The largest absolute Gasteiger partial charge is 0.495 e. The zero-order chi connectivity index (χ0) is 12.7. The molecule has 1 amide bonds. The van der Waals surface area contributed by atoms with Crippen LogP contribution >= 0.6 is 22.9 Å². The van der Waals surface area contributed by atoms with E-state index in [0.717, 1.165) is 0 Å². The highest BCUT2D eigenvalue weighted by atomic mass is 35.5. The molecule has 17 heavy (non-hydrogen) atoms. The summed E-state index contributed by atoms with van der Waals surface area (Å²) in [4.78, 5) is 12.5. The van der Waals surface area contributed by atoms with Crippen LogP contribution in [0.3, 0.4) is 0 Å². The van der Waals surface area contributed by atoms with Gasteiger partial charge in [-0.25, -0.2) is 0 Å². The molecule has 0 aliphatic rings. The van der Waals surface area contributed by atoms with Crippen LogP contribution in [-0.4, -0.2) is 38.7 Å². The summed E-state index contributed by atoms with van der Waals surface area (Å²) in [6.45, 7) is 0.451. The molecule has 1 N–H and O–H groups in total. The smallest absolute Gasteiger partial charge is 0.265 e. The monoisotopic (exact) mass is 277 g/mol. The van der Waals surface area contributed by atoms with Crippen LogP contribution in [0.5, 0.6) is 5.75 Å². The molecule has 4 nitrogen and oxygen atoms in total. The van der Waals surface area contributed by atoms with Crippen molar-refractivity contribution in [2.75, 3.05) is 26.7 Å². The van der Waals surface area contributed by atoms with E-state index in [0.29, 0.717) is 29.5 Å². The third-order valence-electron chi connectivity index (χ3n) is 2.22. The maximum absolute atomic E-state index is 12.0. The maximum atomic E-state index is 12.0. The molecule has 6 heteroatoms. The minimum absolute atomic E-state index is 0.0724. The van der Waals surface area contributed by atoms with Crippen molar-refractivity contribution >= 4 is 28.8 Å². The predicted octanol–water partition coefficient (Wildman–Crippen LogP) is 2.13. The Bertz CT molecular complexity index is 350. The lowest BCUT2D eigenvalue weighted by Gasteiger charge is -2.16. The van der Waals surface area contributed by atoms with E-state index in [1.54, 1.807) is 20.3 Å². The van der Waals surface area contributed by atoms with E-state index in [4.69, 9.17) is 21.1 Å². The van der Waals surface area contributed by atoms with Crippen LogP contribution < -0.4 is 10.1 Å². The third-order valence-corrected chi connectivity index (χ3v) is 3.33. The van der Waals surface area contributed by atoms with Gasteiger partial charge in [0.2, 0.25) is 0 Å². The lowest BCUT2D eigenvalue weighted by Crippen LogP contribution is -2.38. The highest BCUT2D eigenvalue weighted by Crippen LogP contribution is 2.24. The number of methoxy groups -OCH3 is 2. The molecule has 0 aromatic carbocycles. The first-order chi connectivity index (χ1) is 8.22. The van der Waals surface area contributed by atoms with Crippen molar-refractivity contribution in [2.24, 2.45) is 0 Å². The molecule has 0 saturated carbocycles. The standard InChI is InChI=1S/C11H16ClNO3S/c1-15-7-8(3-5-12)13-11(14)10-9(16-2)4-6-17-10/h4,6,8H,3,5,7H2,1-2H3,(H,13,14). The van der Waals surface area contributed by atoms with Crippen molar-refractivity contribution in [1.29, 1.82) is 0 Å². The summed E-state index contributed by atoms with van der Waals surface area (Å²) in [5.41, 5.74) is 0. The van der Waals surface area contributed by atoms with E-state index in [9.17, 15) is 4.79 Å². The average Bonchev–Trinajstić information content (AvgIpc) is 2.77. The van der Waals surface area contributed by atoms with E-state index in [1.165, 1.54) is 11.3 Å². The van der Waals surface area contributed by atoms with Crippen LogP contribution in [0, 0.1) is 0 Å². The van der Waals surface area contributed by atoms with Gasteiger partial charge in [0.1, 0.15) is 10.6 Å². The Hall–Kier alpha value is -0.780. The molecule has 1 rings (SSSR count). The van der Waals surface area contributed by atoms with Crippen molar-refractivity contribution in [3.8, 4) is 5.75 Å². The second kappa shape index (κ2) is 7.53. The molecule has 0 spiro atoms. The molecule has 0 fully saturated rings. The quantitative estimate of drug-likeness (QED) is 0.777. The van der Waals surface area contributed by atoms with Crippen LogP contribution in [0.25, 0.3) is 0 Å². The van der Waals surface area contributed by atoms with E-state index >= 15 is 0 Å². The predicted molar refractivity (Wildman–Crippen MR) is 69.3 cm³/mol. The first-order valence-electron chi connectivity index (χ1n) is 5.20. The van der Waals surface area contributed by atoms with Gasteiger partial charge in [-0.15, -0.1) is 22.9 Å². The number of ether oxygens (including phenoxy) is 2. The van der Waals surface area contributed by atoms with E-state index < -0.39 is 0 Å². The number of thiophene rings is 1. The van der Waals surface area contributed by atoms with Gasteiger partial charge in [0.15, 0.2) is 0 Å². The number of carbonyl (C=O) groups is 1. The number of nitrogens with one attached hydrogen (secondary N) is 1. The second-order valence-electron chi connectivity index (χ2n) is 3.42. The highest BCUT2D eigenvalue weighted by molar-refractivity contribution is 7.12. The van der Waals surface area contributed by atoms with Crippen LogP contribution in [0.2, 0.25) is 0 Å². The summed E-state index contributed by atoms with van der Waals surface area (Å²) >= 11 is 7.02. The minimum Gasteiger partial charge on any atom is -0.495 e. The molecule has 1 unspecified atom stereocenters. The van der Waals surface area contributed by atoms with Crippen molar-refractivity contribution in [3.63, 3.8) is 0 Å². The molecule has 0 radical (unpaired) electrons. The zero-order valence-corrected chi connectivity index (χ0v) is 11.4. The summed E-state index contributed by atoms with van der Waals surface area (Å²) in [7, 11) is 3.14. The Kier molecular flexibility index (Phi) is 6.32. The Morgan fingerprint density at radius 3 is 2.94 bits per heavy atom. The Morgan fingerprint density at radius 1 is 1.59 bits per heavy atom. The van der Waals surface area contributed by atoms with Gasteiger partial charge in [-0.05, 0) is 17.9 Å². The third kappa shape index (κ3) is 4.18. The molecule has 1 atom stereocenters. The summed E-state index contributed by atoms with van der Waals surface area (Å²) in [6.07, 6.45) is 0.675. The van der Waals surface area contributed by atoms with Gasteiger partial charge in [-0.3, -0.25) is 4.79 Å². The van der Waals surface area contributed by atoms with Crippen molar-refractivity contribution in [2.45, 2.75) is 12.5 Å². The Balaban J connectivity index is 2.63. The van der Waals surface area contributed by atoms with Crippen LogP contribution in [-0.2, 0) is 4.74 Å². The maximum Gasteiger partial charge on any atom is 0.265 e. The average molecular weight is 278 g/mol. The lowest BCUT2D eigenvalue weighted by atomic mass is 10.2. The van der Waals surface area contributed by atoms with E-state index in [1.807, 2.05) is 5.38 Å². The molecule has 0 bridgehead atoms. The molecule has 1 aromatic heterocycles. The first-order valence-corrected chi connectivity index (χ1v) is 6.61. The number of amides is 1. The van der Waals surface area contributed by atoms with E-state index in [2.05, 4.69) is 5.32 Å². The molecule has 0 aliphatic heterocycles. The van der Waals surface area contributed by atoms with Gasteiger partial charge in [0, 0.05) is 13.0 Å². The molecule has 0 aliphatic carbocycles. The number of alkyl halides is 1. The first kappa shape index (κ1) is 14.3. The van der Waals surface area contributed by atoms with Crippen LogP contribution in [0.1, 0.15) is 16.1 Å². The molecular formula is C11H16ClNO3S. The fourth-order valence-corrected chi connectivity index (χ4v) is 2.43. The van der Waals surface area contributed by atoms with Gasteiger partial charge in [0.05, 0.1) is 19.8 Å². The zero-order valence-electron chi connectivity index (χ0n) is 9.86. The van der Waals surface area contributed by atoms with Gasteiger partial charge in [-0.2, -0.15) is 0 Å². The summed E-state index contributed by atoms with van der Waals surface area (Å²) in [5.74, 6) is 0.925. The Morgan fingerprint density at radius 2 is 2.35 bits per heavy atom. The number of hydrogen-bond acceptors (Lipinski definition) is 4. The second-order valence-corrected chi connectivity index (χ2v) is 4.72. The molecular weight excluding hydrogens is 262 g/mol. The summed E-state index contributed by atoms with van der Waals surface area (Å²) < 4.78 is 10.1. The fourth-order valence-electron chi connectivity index (χ4n) is 1.40. The number of rotatable bonds is 7. The molecule has 1 aromatic rings. The normalized spacial score (nSPS) is 12.2. The summed E-state index contributed by atoms with van der Waals surface area (Å²) in [5, 5.41) is 4.70. The van der Waals surface area contributed by atoms with Crippen LogP contribution in [0.4, 0.5) is 0 Å². The van der Waals surface area contributed by atoms with Crippen molar-refractivity contribution in [3.05, 3.63) is 16.3 Å². The van der Waals surface area contributed by atoms with Crippen LogP contribution in [0.15, 0.2) is 11.4 Å². The Labute approximate surface area is 110 Å². The molecule has 96 valence electrons. The molecule has 1 heterocycles. The van der Waals surface area contributed by atoms with Gasteiger partial charge < -0.3 is 14.8 Å². The van der Waals surface area contributed by atoms with E-state index in [-0.39, 0.29) is 11.9 Å². The number of hydrogen-bond donors (Lipinski definition) is 1. The van der Waals surface area contributed by atoms with Crippen molar-refractivity contribution in [1.82, 2.24) is 5.32 Å². The van der Waals surface area contributed by atoms with Gasteiger partial charge in [0.25, 0.3) is 5.91 Å². The SMILES string of the molecule is COCC(CCCl)NC(=O)c1sccc1OC. The van der Waals surface area contributed by atoms with Gasteiger partial charge in [-0.1, -0.05) is 0 Å². The fraction of sp³-hybridized carbons (Fsp3) is 0.545. The number of carbonyl (C=O) groups excluding carboxylic acids is 1.